The molecule has 0 radical (unpaired) electrons. The summed E-state index contributed by atoms with van der Waals surface area (Å²) in [6.45, 7) is 3.24. The lowest BCUT2D eigenvalue weighted by Crippen LogP contribution is -2.57. The van der Waals surface area contributed by atoms with E-state index in [0.29, 0.717) is 57.9 Å². The van der Waals surface area contributed by atoms with Crippen LogP contribution in [0.5, 0.6) is 5.75 Å². The second-order valence-corrected chi connectivity index (χ2v) is 16.4. The van der Waals surface area contributed by atoms with Crippen molar-refractivity contribution in [1.29, 1.82) is 0 Å². The van der Waals surface area contributed by atoms with Gasteiger partial charge in [0.05, 0.1) is 29.6 Å². The van der Waals surface area contributed by atoms with Crippen LogP contribution in [0.15, 0.2) is 88.3 Å². The van der Waals surface area contributed by atoms with E-state index in [1.165, 1.54) is 28.8 Å². The molecule has 358 valence electrons. The Bertz CT molecular complexity index is 3490. The highest BCUT2D eigenvalue weighted by Gasteiger charge is 2.28. The highest BCUT2D eigenvalue weighted by atomic mass is 19.1. The Morgan fingerprint density at radius 3 is 1.87 bits per heavy atom. The van der Waals surface area contributed by atoms with Gasteiger partial charge in [0, 0.05) is 51.9 Å². The molecule has 21 nitrogen and oxygen atoms in total. The number of likely N-dealkylation sites (N-methyl/N-ethyl adjacent to an activating group) is 1. The summed E-state index contributed by atoms with van der Waals surface area (Å²) < 4.78 is 55.9. The van der Waals surface area contributed by atoms with E-state index in [1.807, 2.05) is 11.9 Å². The van der Waals surface area contributed by atoms with Crippen LogP contribution in [0.3, 0.4) is 0 Å². The quantitative estimate of drug-likeness (QED) is 0.125. The monoisotopic (exact) mass is 959 g/mol. The molecule has 0 aliphatic carbocycles. The minimum Gasteiger partial charge on any atom is -0.482 e. The Morgan fingerprint density at radius 2 is 1.26 bits per heavy atom. The van der Waals surface area contributed by atoms with Gasteiger partial charge in [0.1, 0.15) is 34.3 Å². The SMILES string of the molecule is CN1CC(NC(=O)c2cc(C(=O)NCc3ccc4c(c3)NC(=O)CO4)nc3c(F)cnn23)C1.Cc1cc(CNC(=O)c2cc(C(=O)NCc3ccc4oc(=O)n(C)c4c3)nc3c(F)cnn23)ccc1F. The number of aromatic nitrogens is 7. The fourth-order valence-corrected chi connectivity index (χ4v) is 7.64. The molecule has 5 amide bonds. The second-order valence-electron chi connectivity index (χ2n) is 16.4. The molecule has 24 heteroatoms. The van der Waals surface area contributed by atoms with Gasteiger partial charge in [-0.3, -0.25) is 28.5 Å². The summed E-state index contributed by atoms with van der Waals surface area (Å²) in [5.74, 6) is -4.46. The lowest BCUT2D eigenvalue weighted by molar-refractivity contribution is -0.118. The van der Waals surface area contributed by atoms with Crippen LogP contribution < -0.4 is 37.1 Å². The third-order valence-corrected chi connectivity index (χ3v) is 11.3. The van der Waals surface area contributed by atoms with Gasteiger partial charge in [0.2, 0.25) is 0 Å². The number of hydrogen-bond acceptors (Lipinski definition) is 13. The number of aryl methyl sites for hydroxylation is 2. The maximum absolute atomic E-state index is 14.3. The third-order valence-electron chi connectivity index (χ3n) is 11.3. The molecule has 0 bridgehead atoms. The van der Waals surface area contributed by atoms with Crippen molar-refractivity contribution in [2.45, 2.75) is 32.6 Å². The molecule has 3 aromatic carbocycles. The number of carbonyl (C=O) groups excluding carboxylic acids is 5. The number of benzene rings is 3. The molecule has 0 saturated carbocycles. The standard InChI is InChI=1S/C25H20F2N6O4.C21H20FN7O4/c1-13-7-14(3-5-16(13)26)10-29-24(35)20-9-18(31-22-17(27)12-30-33(20)22)23(34)28-11-15-4-6-21-19(8-15)32(2)25(36)37-21;1-28-8-12(9-28)25-21(32)16-5-15(27-19-13(22)7-24-29(16)19)20(31)23-6-11-2-3-17-14(4-11)26-18(30)10-33-17/h3-9,12H,10-11H2,1-2H3,(H,28,34)(H,29,35);2-5,7,12H,6,8-10H2,1H3,(H,23,31)(H,25,32)(H,26,30). The minimum absolute atomic E-state index is 0.0113. The van der Waals surface area contributed by atoms with Crippen LogP contribution in [0.4, 0.5) is 18.9 Å². The zero-order chi connectivity index (χ0) is 49.4. The molecular formula is C46H40F3N13O8. The first-order chi connectivity index (χ1) is 33.6. The van der Waals surface area contributed by atoms with Crippen LogP contribution in [-0.2, 0) is 31.5 Å². The van der Waals surface area contributed by atoms with Gasteiger partial charge in [-0.2, -0.15) is 10.2 Å². The first-order valence-electron chi connectivity index (χ1n) is 21.4. The van der Waals surface area contributed by atoms with Crippen LogP contribution in [0, 0.1) is 24.4 Å². The number of fused-ring (bicyclic) bond motifs is 4. The zero-order valence-electron chi connectivity index (χ0n) is 37.3. The van der Waals surface area contributed by atoms with E-state index >= 15 is 0 Å². The van der Waals surface area contributed by atoms with Gasteiger partial charge in [0.15, 0.2) is 35.1 Å². The van der Waals surface area contributed by atoms with Gasteiger partial charge < -0.3 is 40.6 Å². The van der Waals surface area contributed by atoms with Crippen molar-refractivity contribution in [2.24, 2.45) is 7.05 Å². The van der Waals surface area contributed by atoms with Gasteiger partial charge in [-0.05, 0) is 66.6 Å². The number of halogens is 3. The Balaban J connectivity index is 0.000000175. The fourth-order valence-electron chi connectivity index (χ4n) is 7.64. The molecule has 10 rings (SSSR count). The molecule has 0 unspecified atom stereocenters. The summed E-state index contributed by atoms with van der Waals surface area (Å²) in [7, 11) is 3.50. The molecule has 5 N–H and O–H groups in total. The van der Waals surface area contributed by atoms with E-state index in [0.717, 1.165) is 21.4 Å². The number of hydrogen-bond donors (Lipinski definition) is 5. The lowest BCUT2D eigenvalue weighted by atomic mass is 10.1. The Labute approximate surface area is 392 Å². The first kappa shape index (κ1) is 46.2. The number of likely N-dealkylation sites (tertiary alicyclic amines) is 1. The number of amides is 5. The van der Waals surface area contributed by atoms with Crippen LogP contribution in [0.2, 0.25) is 0 Å². The number of rotatable bonds is 11. The third kappa shape index (κ3) is 9.60. The van der Waals surface area contributed by atoms with E-state index in [9.17, 15) is 41.9 Å². The maximum atomic E-state index is 14.3. The summed E-state index contributed by atoms with van der Waals surface area (Å²) >= 11 is 0. The molecule has 70 heavy (non-hydrogen) atoms. The van der Waals surface area contributed by atoms with Gasteiger partial charge in [-0.15, -0.1) is 0 Å². The van der Waals surface area contributed by atoms with E-state index < -0.39 is 41.0 Å². The Hall–Kier alpha value is -8.93. The summed E-state index contributed by atoms with van der Waals surface area (Å²) in [5.41, 5.74) is 3.07. The predicted molar refractivity (Wildman–Crippen MR) is 241 cm³/mol. The summed E-state index contributed by atoms with van der Waals surface area (Å²) in [6.07, 6.45) is 1.84. The number of oxazole rings is 1. The summed E-state index contributed by atoms with van der Waals surface area (Å²) in [4.78, 5) is 84.7. The summed E-state index contributed by atoms with van der Waals surface area (Å²) in [6, 6.07) is 17.0. The van der Waals surface area contributed by atoms with Gasteiger partial charge >= 0.3 is 5.76 Å². The van der Waals surface area contributed by atoms with Crippen molar-refractivity contribution in [3.63, 3.8) is 0 Å². The van der Waals surface area contributed by atoms with Crippen molar-refractivity contribution in [3.05, 3.63) is 152 Å². The topological polar surface area (TPSA) is 253 Å². The Morgan fingerprint density at radius 1 is 0.700 bits per heavy atom. The molecule has 1 saturated heterocycles. The number of anilines is 1. The largest absolute Gasteiger partial charge is 0.482 e. The second kappa shape index (κ2) is 19.0. The van der Waals surface area contributed by atoms with E-state index in [-0.39, 0.29) is 78.1 Å². The summed E-state index contributed by atoms with van der Waals surface area (Å²) in [5, 5.41) is 21.3. The first-order valence-corrected chi connectivity index (χ1v) is 21.4. The molecule has 2 aliphatic rings. The fraction of sp³-hybridized carbons (Fsp3) is 0.217. The molecule has 2 aliphatic heterocycles. The molecule has 5 aromatic heterocycles. The van der Waals surface area contributed by atoms with Crippen LogP contribution >= 0.6 is 0 Å². The molecule has 1 fully saturated rings. The smallest absolute Gasteiger partial charge is 0.419 e. The molecule has 0 atom stereocenters. The van der Waals surface area contributed by atoms with E-state index in [1.54, 1.807) is 56.4 Å². The van der Waals surface area contributed by atoms with E-state index in [4.69, 9.17) is 9.15 Å². The minimum atomic E-state index is -0.802. The van der Waals surface area contributed by atoms with Crippen LogP contribution in [0.1, 0.15) is 64.2 Å². The van der Waals surface area contributed by atoms with Crippen molar-refractivity contribution < 1.29 is 46.3 Å². The number of carbonyl (C=O) groups is 5. The molecule has 0 spiro atoms. The van der Waals surface area contributed by atoms with Crippen molar-refractivity contribution >= 4 is 57.6 Å². The van der Waals surface area contributed by atoms with Crippen molar-refractivity contribution in [2.75, 3.05) is 32.1 Å². The average Bonchev–Trinajstić information content (AvgIpc) is 4.01. The maximum Gasteiger partial charge on any atom is 0.419 e. The average molecular weight is 960 g/mol. The van der Waals surface area contributed by atoms with E-state index in [2.05, 4.69) is 46.7 Å². The van der Waals surface area contributed by atoms with Gasteiger partial charge in [-0.1, -0.05) is 24.3 Å². The van der Waals surface area contributed by atoms with Gasteiger partial charge in [-0.25, -0.2) is 37.0 Å². The molecule has 7 heterocycles. The molecular weight excluding hydrogens is 920 g/mol. The lowest BCUT2D eigenvalue weighted by Gasteiger charge is -2.36. The van der Waals surface area contributed by atoms with Crippen LogP contribution in [0.25, 0.3) is 22.4 Å². The molecule has 8 aromatic rings. The highest BCUT2D eigenvalue weighted by Crippen LogP contribution is 2.28. The normalized spacial score (nSPS) is 13.4. The van der Waals surface area contributed by atoms with Crippen molar-refractivity contribution in [1.82, 2.24) is 59.9 Å². The predicted octanol–water partition coefficient (Wildman–Crippen LogP) is 2.79. The number of nitrogens with one attached hydrogen (secondary N) is 5. The van der Waals surface area contributed by atoms with Gasteiger partial charge in [0.25, 0.3) is 29.5 Å². The Kier molecular flexibility index (Phi) is 12.5. The highest BCUT2D eigenvalue weighted by molar-refractivity contribution is 5.99. The van der Waals surface area contributed by atoms with Crippen LogP contribution in [-0.4, -0.2) is 101 Å². The number of ether oxygens (including phenoxy) is 1. The number of nitrogens with zero attached hydrogens (tertiary/aromatic N) is 8. The zero-order valence-corrected chi connectivity index (χ0v) is 37.3. The van der Waals surface area contributed by atoms with Crippen molar-refractivity contribution in [3.8, 4) is 5.75 Å².